The minimum atomic E-state index is -0.0686. The average Bonchev–Trinajstić information content (AvgIpc) is 1.84. The second-order valence-electron chi connectivity index (χ2n) is 3.17. The van der Waals surface area contributed by atoms with Crippen molar-refractivity contribution in [3.63, 3.8) is 0 Å². The number of nitrogens with two attached hydrogens (primary N) is 1. The van der Waals surface area contributed by atoms with Gasteiger partial charge in [0.15, 0.2) is 0 Å². The monoisotopic (exact) mass is 170 g/mol. The summed E-state index contributed by atoms with van der Waals surface area (Å²) >= 11 is 0. The van der Waals surface area contributed by atoms with Crippen molar-refractivity contribution in [1.82, 2.24) is 5.32 Å². The van der Waals surface area contributed by atoms with Crippen LogP contribution >= 0.6 is 0 Å². The molecule has 12 heavy (non-hydrogen) atoms. The molecule has 0 radical (unpaired) electrons. The van der Waals surface area contributed by atoms with Crippen LogP contribution in [0.15, 0.2) is 12.7 Å². The summed E-state index contributed by atoms with van der Waals surface area (Å²) < 4.78 is 0. The fourth-order valence-electron chi connectivity index (χ4n) is 0.935. The third-order valence-corrected chi connectivity index (χ3v) is 1.43. The molecule has 0 bridgehead atoms. The molecule has 2 atom stereocenters. The highest BCUT2D eigenvalue weighted by Crippen LogP contribution is 1.93. The van der Waals surface area contributed by atoms with Crippen LogP contribution in [0.25, 0.3) is 0 Å². The van der Waals surface area contributed by atoms with Crippen molar-refractivity contribution in [2.75, 3.05) is 0 Å². The zero-order valence-corrected chi connectivity index (χ0v) is 7.84. The van der Waals surface area contributed by atoms with E-state index in [1.807, 2.05) is 13.8 Å². The maximum Gasteiger partial charge on any atom is 0.221 e. The third-order valence-electron chi connectivity index (χ3n) is 1.43. The fourth-order valence-corrected chi connectivity index (χ4v) is 0.935. The molecule has 0 heterocycles. The van der Waals surface area contributed by atoms with Gasteiger partial charge in [0.25, 0.3) is 0 Å². The highest BCUT2D eigenvalue weighted by Gasteiger charge is 2.07. The van der Waals surface area contributed by atoms with E-state index >= 15 is 0 Å². The number of carbonyl (C=O) groups is 1. The highest BCUT2D eigenvalue weighted by molar-refractivity contribution is 5.76. The van der Waals surface area contributed by atoms with E-state index in [0.29, 0.717) is 6.42 Å². The van der Waals surface area contributed by atoms with Crippen LogP contribution in [0.2, 0.25) is 0 Å². The normalized spacial score (nSPS) is 14.9. The van der Waals surface area contributed by atoms with E-state index in [2.05, 4.69) is 11.9 Å². The largest absolute Gasteiger partial charge is 0.353 e. The first kappa shape index (κ1) is 11.2. The van der Waals surface area contributed by atoms with Crippen LogP contribution in [0.5, 0.6) is 0 Å². The van der Waals surface area contributed by atoms with Crippen LogP contribution in [-0.4, -0.2) is 18.0 Å². The Morgan fingerprint density at radius 3 is 2.67 bits per heavy atom. The Labute approximate surface area is 74.0 Å². The van der Waals surface area contributed by atoms with Crippen LogP contribution in [0.3, 0.4) is 0 Å². The van der Waals surface area contributed by atoms with Gasteiger partial charge < -0.3 is 11.1 Å². The maximum absolute atomic E-state index is 11.1. The molecule has 0 aliphatic rings. The van der Waals surface area contributed by atoms with E-state index in [1.165, 1.54) is 0 Å². The maximum atomic E-state index is 11.1. The smallest absolute Gasteiger partial charge is 0.221 e. The first-order valence-corrected chi connectivity index (χ1v) is 4.22. The van der Waals surface area contributed by atoms with E-state index in [-0.39, 0.29) is 18.0 Å². The molecule has 0 aliphatic carbocycles. The number of amides is 1. The van der Waals surface area contributed by atoms with Crippen LogP contribution in [0.4, 0.5) is 0 Å². The summed E-state index contributed by atoms with van der Waals surface area (Å²) in [5, 5.41) is 2.82. The summed E-state index contributed by atoms with van der Waals surface area (Å²) in [6.07, 6.45) is 2.98. The fraction of sp³-hybridized carbons (Fsp3) is 0.667. The lowest BCUT2D eigenvalue weighted by Crippen LogP contribution is -2.35. The van der Waals surface area contributed by atoms with Crippen LogP contribution in [-0.2, 0) is 4.79 Å². The number of hydrogen-bond acceptors (Lipinski definition) is 2. The molecule has 0 aromatic carbocycles. The Balaban J connectivity index is 3.61. The minimum Gasteiger partial charge on any atom is -0.353 e. The Kier molecular flexibility index (Phi) is 5.37. The summed E-state index contributed by atoms with van der Waals surface area (Å²) in [7, 11) is 0. The summed E-state index contributed by atoms with van der Waals surface area (Å²) in [5.74, 6) is 0.0133. The van der Waals surface area contributed by atoms with Gasteiger partial charge in [0.1, 0.15) is 0 Å². The lowest BCUT2D eigenvalue weighted by molar-refractivity contribution is -0.121. The number of nitrogens with one attached hydrogen (secondary N) is 1. The summed E-state index contributed by atoms with van der Waals surface area (Å²) in [6, 6.07) is 0.0923. The van der Waals surface area contributed by atoms with Crippen molar-refractivity contribution in [1.29, 1.82) is 0 Å². The summed E-state index contributed by atoms with van der Waals surface area (Å²) in [5.41, 5.74) is 5.46. The van der Waals surface area contributed by atoms with Crippen LogP contribution < -0.4 is 11.1 Å². The summed E-state index contributed by atoms with van der Waals surface area (Å²) in [6.45, 7) is 7.36. The predicted molar refractivity (Wildman–Crippen MR) is 50.7 cm³/mol. The Morgan fingerprint density at radius 2 is 2.25 bits per heavy atom. The highest BCUT2D eigenvalue weighted by atomic mass is 16.1. The number of rotatable bonds is 5. The second kappa shape index (κ2) is 5.77. The molecule has 0 aliphatic heterocycles. The van der Waals surface area contributed by atoms with Crippen molar-refractivity contribution >= 4 is 5.91 Å². The molecule has 0 aromatic heterocycles. The van der Waals surface area contributed by atoms with Gasteiger partial charge in [-0.2, -0.15) is 0 Å². The zero-order valence-electron chi connectivity index (χ0n) is 7.84. The van der Waals surface area contributed by atoms with Gasteiger partial charge in [0.2, 0.25) is 5.91 Å². The van der Waals surface area contributed by atoms with Crippen molar-refractivity contribution in [3.8, 4) is 0 Å². The van der Waals surface area contributed by atoms with Gasteiger partial charge in [0.05, 0.1) is 0 Å². The summed E-state index contributed by atoms with van der Waals surface area (Å²) in [4.78, 5) is 11.1. The first-order chi connectivity index (χ1) is 5.56. The van der Waals surface area contributed by atoms with E-state index in [4.69, 9.17) is 5.73 Å². The molecule has 70 valence electrons. The molecular weight excluding hydrogens is 152 g/mol. The zero-order chi connectivity index (χ0) is 9.56. The predicted octanol–water partition coefficient (Wildman–Crippen LogP) is 0.804. The Morgan fingerprint density at radius 1 is 1.67 bits per heavy atom. The molecule has 1 amide bonds. The molecule has 3 heteroatoms. The molecule has 0 saturated heterocycles. The van der Waals surface area contributed by atoms with Crippen molar-refractivity contribution in [3.05, 3.63) is 12.7 Å². The third kappa shape index (κ3) is 5.92. The quantitative estimate of drug-likeness (QED) is 0.600. The van der Waals surface area contributed by atoms with Crippen molar-refractivity contribution < 1.29 is 4.79 Å². The van der Waals surface area contributed by atoms with Crippen molar-refractivity contribution in [2.45, 2.75) is 38.8 Å². The lowest BCUT2D eigenvalue weighted by atomic mass is 10.2. The molecule has 3 N–H and O–H groups in total. The van der Waals surface area contributed by atoms with Gasteiger partial charge in [-0.05, 0) is 20.3 Å². The average molecular weight is 170 g/mol. The standard InChI is InChI=1S/C9H18N2O/c1-4-5-8(3)11-9(12)6-7(2)10/h4,7-8H,1,5-6,10H2,2-3H3,(H,11,12). The molecular formula is C9H18N2O. The van der Waals surface area contributed by atoms with Gasteiger partial charge in [-0.15, -0.1) is 6.58 Å². The SMILES string of the molecule is C=CCC(C)NC(=O)CC(C)N. The van der Waals surface area contributed by atoms with Gasteiger partial charge in [-0.3, -0.25) is 4.79 Å². The van der Waals surface area contributed by atoms with E-state index < -0.39 is 0 Å². The Bertz CT molecular complexity index is 155. The molecule has 3 nitrogen and oxygen atoms in total. The van der Waals surface area contributed by atoms with Crippen LogP contribution in [0, 0.1) is 0 Å². The van der Waals surface area contributed by atoms with E-state index in [1.54, 1.807) is 6.08 Å². The number of carbonyl (C=O) groups excluding carboxylic acids is 1. The minimum absolute atomic E-state index is 0.0133. The van der Waals surface area contributed by atoms with E-state index in [0.717, 1.165) is 6.42 Å². The lowest BCUT2D eigenvalue weighted by Gasteiger charge is -2.12. The molecule has 0 fully saturated rings. The van der Waals surface area contributed by atoms with Gasteiger partial charge in [-0.1, -0.05) is 6.08 Å². The first-order valence-electron chi connectivity index (χ1n) is 4.22. The molecule has 0 spiro atoms. The molecule has 0 saturated carbocycles. The number of hydrogen-bond donors (Lipinski definition) is 2. The van der Waals surface area contributed by atoms with Gasteiger partial charge >= 0.3 is 0 Å². The topological polar surface area (TPSA) is 55.1 Å². The van der Waals surface area contributed by atoms with Crippen LogP contribution in [0.1, 0.15) is 26.7 Å². The Hall–Kier alpha value is -0.830. The molecule has 2 unspecified atom stereocenters. The van der Waals surface area contributed by atoms with Crippen molar-refractivity contribution in [2.24, 2.45) is 5.73 Å². The molecule has 0 rings (SSSR count). The van der Waals surface area contributed by atoms with Gasteiger partial charge in [-0.25, -0.2) is 0 Å². The van der Waals surface area contributed by atoms with Gasteiger partial charge in [0, 0.05) is 18.5 Å². The second-order valence-corrected chi connectivity index (χ2v) is 3.17. The van der Waals surface area contributed by atoms with E-state index in [9.17, 15) is 4.79 Å². The molecule has 0 aromatic rings.